The Bertz CT molecular complexity index is 99.1. The Kier molecular flexibility index (Phi) is 2.35. The van der Waals surface area contributed by atoms with E-state index < -0.39 is 6.17 Å². The predicted molar refractivity (Wildman–Crippen MR) is 39.8 cm³/mol. The van der Waals surface area contributed by atoms with Crippen LogP contribution in [0.15, 0.2) is 0 Å². The van der Waals surface area contributed by atoms with Gasteiger partial charge >= 0.3 is 0 Å². The van der Waals surface area contributed by atoms with Crippen LogP contribution < -0.4 is 0 Å². The lowest BCUT2D eigenvalue weighted by atomic mass is 10.1. The van der Waals surface area contributed by atoms with E-state index in [2.05, 4.69) is 12.6 Å². The van der Waals surface area contributed by atoms with E-state index in [1.165, 1.54) is 0 Å². The summed E-state index contributed by atoms with van der Waals surface area (Å²) in [5.74, 6) is 0. The summed E-state index contributed by atoms with van der Waals surface area (Å²) in [5.41, 5.74) is 0. The molecule has 3 heteroatoms. The highest BCUT2D eigenvalue weighted by Gasteiger charge is 2.23. The van der Waals surface area contributed by atoms with Crippen molar-refractivity contribution in [2.24, 2.45) is 0 Å². The Balaban J connectivity index is 2.35. The lowest BCUT2D eigenvalue weighted by molar-refractivity contribution is 0.170. The SMILES string of the molecule is CN1CC[C@H](S)[C@H](F)C1. The van der Waals surface area contributed by atoms with Crippen molar-refractivity contribution < 1.29 is 4.39 Å². The monoisotopic (exact) mass is 149 g/mol. The van der Waals surface area contributed by atoms with Crippen molar-refractivity contribution in [1.82, 2.24) is 4.90 Å². The van der Waals surface area contributed by atoms with Crippen LogP contribution in [0.1, 0.15) is 6.42 Å². The zero-order chi connectivity index (χ0) is 6.85. The molecule has 0 aliphatic carbocycles. The molecule has 0 amide bonds. The van der Waals surface area contributed by atoms with Gasteiger partial charge in [0.15, 0.2) is 0 Å². The number of halogens is 1. The summed E-state index contributed by atoms with van der Waals surface area (Å²) < 4.78 is 12.7. The molecular formula is C6H12FNS. The van der Waals surface area contributed by atoms with Crippen molar-refractivity contribution in [3.05, 3.63) is 0 Å². The number of thiol groups is 1. The van der Waals surface area contributed by atoms with E-state index in [4.69, 9.17) is 0 Å². The van der Waals surface area contributed by atoms with Crippen LogP contribution in [0.25, 0.3) is 0 Å². The van der Waals surface area contributed by atoms with Gasteiger partial charge in [-0.05, 0) is 20.0 Å². The number of alkyl halides is 1. The Morgan fingerprint density at radius 2 is 2.33 bits per heavy atom. The Morgan fingerprint density at radius 1 is 1.67 bits per heavy atom. The van der Waals surface area contributed by atoms with Crippen molar-refractivity contribution in [3.8, 4) is 0 Å². The van der Waals surface area contributed by atoms with Crippen molar-refractivity contribution in [1.29, 1.82) is 0 Å². The van der Waals surface area contributed by atoms with Gasteiger partial charge in [0, 0.05) is 11.8 Å². The van der Waals surface area contributed by atoms with Crippen molar-refractivity contribution in [2.45, 2.75) is 17.8 Å². The highest BCUT2D eigenvalue weighted by molar-refractivity contribution is 7.81. The van der Waals surface area contributed by atoms with Gasteiger partial charge in [-0.1, -0.05) is 0 Å². The average Bonchev–Trinajstić information content (AvgIpc) is 1.80. The molecule has 0 spiro atoms. The average molecular weight is 149 g/mol. The van der Waals surface area contributed by atoms with Gasteiger partial charge in [-0.2, -0.15) is 12.6 Å². The molecule has 0 aromatic heterocycles. The first-order valence-electron chi connectivity index (χ1n) is 3.21. The standard InChI is InChI=1S/C6H12FNS/c1-8-3-2-6(9)5(7)4-8/h5-6,9H,2-4H2,1H3/t5-,6+/m1/s1. The molecule has 1 aliphatic heterocycles. The van der Waals surface area contributed by atoms with E-state index in [1.807, 2.05) is 11.9 Å². The first-order chi connectivity index (χ1) is 4.20. The number of hydrogen-bond acceptors (Lipinski definition) is 2. The van der Waals surface area contributed by atoms with Gasteiger partial charge in [-0.25, -0.2) is 4.39 Å². The van der Waals surface area contributed by atoms with Gasteiger partial charge in [-0.3, -0.25) is 0 Å². The van der Waals surface area contributed by atoms with E-state index in [9.17, 15) is 4.39 Å². The second-order valence-electron chi connectivity index (χ2n) is 2.63. The maximum atomic E-state index is 12.7. The molecule has 1 aliphatic rings. The first kappa shape index (κ1) is 7.35. The van der Waals surface area contributed by atoms with Gasteiger partial charge in [-0.15, -0.1) is 0 Å². The molecule has 0 unspecified atom stereocenters. The molecule has 1 fully saturated rings. The molecule has 2 atom stereocenters. The normalized spacial score (nSPS) is 39.0. The van der Waals surface area contributed by atoms with Gasteiger partial charge in [0.25, 0.3) is 0 Å². The van der Waals surface area contributed by atoms with Crippen molar-refractivity contribution >= 4 is 12.6 Å². The highest BCUT2D eigenvalue weighted by atomic mass is 32.1. The molecule has 0 bridgehead atoms. The van der Waals surface area contributed by atoms with Gasteiger partial charge in [0.05, 0.1) is 0 Å². The molecule has 0 N–H and O–H groups in total. The Morgan fingerprint density at radius 3 is 2.78 bits per heavy atom. The van der Waals surface area contributed by atoms with Crippen LogP contribution in [-0.2, 0) is 0 Å². The van der Waals surface area contributed by atoms with Crippen LogP contribution in [0.2, 0.25) is 0 Å². The lowest BCUT2D eigenvalue weighted by Crippen LogP contribution is -2.39. The summed E-state index contributed by atoms with van der Waals surface area (Å²) in [6.07, 6.45) is 0.146. The smallest absolute Gasteiger partial charge is 0.124 e. The summed E-state index contributed by atoms with van der Waals surface area (Å²) in [4.78, 5) is 2.00. The fourth-order valence-electron chi connectivity index (χ4n) is 1.04. The zero-order valence-electron chi connectivity index (χ0n) is 5.55. The van der Waals surface area contributed by atoms with Crippen LogP contribution in [0, 0.1) is 0 Å². The predicted octanol–water partition coefficient (Wildman–Crippen LogP) is 0.958. The summed E-state index contributed by atoms with van der Waals surface area (Å²) in [6, 6.07) is 0. The fourth-order valence-corrected chi connectivity index (χ4v) is 1.25. The van der Waals surface area contributed by atoms with Crippen LogP contribution >= 0.6 is 12.6 Å². The van der Waals surface area contributed by atoms with Crippen molar-refractivity contribution in [2.75, 3.05) is 20.1 Å². The second kappa shape index (κ2) is 2.88. The third-order valence-corrected chi connectivity index (χ3v) is 2.29. The van der Waals surface area contributed by atoms with Gasteiger partial charge in [0.1, 0.15) is 6.17 Å². The Labute approximate surface area is 60.6 Å². The summed E-state index contributed by atoms with van der Waals surface area (Å²) in [7, 11) is 1.94. The molecule has 9 heavy (non-hydrogen) atoms. The van der Waals surface area contributed by atoms with E-state index >= 15 is 0 Å². The molecule has 1 rings (SSSR count). The fraction of sp³-hybridized carbons (Fsp3) is 1.00. The number of likely N-dealkylation sites (tertiary alicyclic amines) is 1. The molecule has 1 nitrogen and oxygen atoms in total. The lowest BCUT2D eigenvalue weighted by Gasteiger charge is -2.29. The largest absolute Gasteiger partial charge is 0.303 e. The number of hydrogen-bond donors (Lipinski definition) is 1. The van der Waals surface area contributed by atoms with Gasteiger partial charge < -0.3 is 4.90 Å². The van der Waals surface area contributed by atoms with Crippen LogP contribution in [-0.4, -0.2) is 36.5 Å². The molecule has 1 heterocycles. The zero-order valence-corrected chi connectivity index (χ0v) is 6.44. The Hall–Kier alpha value is 0.240. The first-order valence-corrected chi connectivity index (χ1v) is 3.72. The van der Waals surface area contributed by atoms with E-state index in [0.29, 0.717) is 6.54 Å². The number of piperidine rings is 1. The second-order valence-corrected chi connectivity index (χ2v) is 3.30. The van der Waals surface area contributed by atoms with E-state index in [0.717, 1.165) is 13.0 Å². The molecule has 1 saturated heterocycles. The van der Waals surface area contributed by atoms with Crippen LogP contribution in [0.4, 0.5) is 4.39 Å². The van der Waals surface area contributed by atoms with Gasteiger partial charge in [0.2, 0.25) is 0 Å². The maximum absolute atomic E-state index is 12.7. The molecule has 0 radical (unpaired) electrons. The number of nitrogens with zero attached hydrogens (tertiary/aromatic N) is 1. The molecule has 54 valence electrons. The summed E-state index contributed by atoms with van der Waals surface area (Å²) in [5, 5.41) is -0.0267. The third kappa shape index (κ3) is 1.83. The molecule has 0 aromatic rings. The minimum Gasteiger partial charge on any atom is -0.303 e. The summed E-state index contributed by atoms with van der Waals surface area (Å²) >= 11 is 4.10. The topological polar surface area (TPSA) is 3.24 Å². The minimum absolute atomic E-state index is 0.0267. The van der Waals surface area contributed by atoms with E-state index in [-0.39, 0.29) is 5.25 Å². The molecule has 0 aromatic carbocycles. The summed E-state index contributed by atoms with van der Waals surface area (Å²) in [6.45, 7) is 1.53. The quantitative estimate of drug-likeness (QED) is 0.502. The molecular weight excluding hydrogens is 137 g/mol. The highest BCUT2D eigenvalue weighted by Crippen LogP contribution is 2.16. The molecule has 0 saturated carbocycles. The van der Waals surface area contributed by atoms with Crippen LogP contribution in [0.3, 0.4) is 0 Å². The minimum atomic E-state index is -0.730. The third-order valence-electron chi connectivity index (χ3n) is 1.71. The maximum Gasteiger partial charge on any atom is 0.124 e. The van der Waals surface area contributed by atoms with Crippen LogP contribution in [0.5, 0.6) is 0 Å². The van der Waals surface area contributed by atoms with Crippen molar-refractivity contribution in [3.63, 3.8) is 0 Å². The number of rotatable bonds is 0. The van der Waals surface area contributed by atoms with E-state index in [1.54, 1.807) is 0 Å².